The molecule has 0 saturated heterocycles. The van der Waals surface area contributed by atoms with Crippen LogP contribution in [-0.4, -0.2) is 9.55 Å². The van der Waals surface area contributed by atoms with Gasteiger partial charge in [-0.2, -0.15) is 0 Å². The van der Waals surface area contributed by atoms with Crippen molar-refractivity contribution < 1.29 is 0 Å². The standard InChI is InChI=1S/C37H48N2/c1-3-4-5-6-7-8-9-10-11-21-28-35(36-38-29-30-39(36)34-26-19-14-20-27-34)37(2,33-24-17-13-18-25-33)31-32-22-15-12-16-23-32/h12-20,22-27,29-30,35H,3-11,21,28,31H2,1-2H3. The predicted octanol–water partition coefficient (Wildman–Crippen LogP) is 10.5. The van der Waals surface area contributed by atoms with Crippen LogP contribution in [0.1, 0.15) is 107 Å². The first-order valence-corrected chi connectivity index (χ1v) is 15.4. The van der Waals surface area contributed by atoms with E-state index in [2.05, 4.69) is 116 Å². The van der Waals surface area contributed by atoms with Crippen molar-refractivity contribution in [1.82, 2.24) is 9.55 Å². The summed E-state index contributed by atoms with van der Waals surface area (Å²) in [5.74, 6) is 1.48. The highest BCUT2D eigenvalue weighted by Crippen LogP contribution is 2.44. The summed E-state index contributed by atoms with van der Waals surface area (Å²) in [6.07, 6.45) is 19.8. The largest absolute Gasteiger partial charge is 0.304 e. The molecule has 2 unspecified atom stereocenters. The highest BCUT2D eigenvalue weighted by atomic mass is 15.1. The number of hydrogen-bond acceptors (Lipinski definition) is 1. The Morgan fingerprint density at radius 3 is 1.82 bits per heavy atom. The van der Waals surface area contributed by atoms with E-state index in [4.69, 9.17) is 4.98 Å². The fourth-order valence-electron chi connectivity index (χ4n) is 6.21. The van der Waals surface area contributed by atoms with Gasteiger partial charge in [0.1, 0.15) is 5.82 Å². The number of para-hydroxylation sites is 1. The Morgan fingerprint density at radius 1 is 0.667 bits per heavy atom. The van der Waals surface area contributed by atoms with Crippen molar-refractivity contribution in [3.8, 4) is 5.69 Å². The zero-order valence-corrected chi connectivity index (χ0v) is 24.3. The summed E-state index contributed by atoms with van der Waals surface area (Å²) in [5.41, 5.74) is 3.89. The second-order valence-electron chi connectivity index (χ2n) is 11.5. The van der Waals surface area contributed by atoms with Gasteiger partial charge in [-0.15, -0.1) is 0 Å². The first-order valence-electron chi connectivity index (χ1n) is 15.4. The molecule has 0 bridgehead atoms. The molecule has 0 aliphatic carbocycles. The molecule has 39 heavy (non-hydrogen) atoms. The first-order chi connectivity index (χ1) is 19.2. The van der Waals surface area contributed by atoms with Crippen molar-refractivity contribution in [2.75, 3.05) is 0 Å². The Kier molecular flexibility index (Phi) is 11.4. The van der Waals surface area contributed by atoms with Gasteiger partial charge >= 0.3 is 0 Å². The lowest BCUT2D eigenvalue weighted by atomic mass is 9.66. The number of unbranched alkanes of at least 4 members (excludes halogenated alkanes) is 9. The number of nitrogens with zero attached hydrogens (tertiary/aromatic N) is 2. The van der Waals surface area contributed by atoms with E-state index in [1.54, 1.807) is 0 Å². The van der Waals surface area contributed by atoms with Crippen molar-refractivity contribution in [3.05, 3.63) is 120 Å². The molecule has 0 amide bonds. The third kappa shape index (κ3) is 8.18. The van der Waals surface area contributed by atoms with Gasteiger partial charge in [0.25, 0.3) is 0 Å². The average Bonchev–Trinajstić information content (AvgIpc) is 3.47. The molecule has 3 aromatic carbocycles. The molecule has 2 heteroatoms. The normalized spacial score (nSPS) is 13.7. The summed E-state index contributed by atoms with van der Waals surface area (Å²) in [5, 5.41) is 0. The van der Waals surface area contributed by atoms with Crippen LogP contribution in [0.3, 0.4) is 0 Å². The van der Waals surface area contributed by atoms with E-state index < -0.39 is 0 Å². The maximum absolute atomic E-state index is 5.05. The fraction of sp³-hybridized carbons (Fsp3) is 0.432. The van der Waals surface area contributed by atoms with Crippen LogP contribution < -0.4 is 0 Å². The molecule has 4 rings (SSSR count). The lowest BCUT2D eigenvalue weighted by Crippen LogP contribution is -2.35. The lowest BCUT2D eigenvalue weighted by Gasteiger charge is -2.39. The molecule has 1 heterocycles. The monoisotopic (exact) mass is 520 g/mol. The lowest BCUT2D eigenvalue weighted by molar-refractivity contribution is 0.328. The maximum atomic E-state index is 5.05. The molecular weight excluding hydrogens is 472 g/mol. The maximum Gasteiger partial charge on any atom is 0.117 e. The summed E-state index contributed by atoms with van der Waals surface area (Å²) >= 11 is 0. The summed E-state index contributed by atoms with van der Waals surface area (Å²) in [6, 6.07) is 32.9. The van der Waals surface area contributed by atoms with E-state index in [1.807, 2.05) is 6.20 Å². The fourth-order valence-corrected chi connectivity index (χ4v) is 6.21. The van der Waals surface area contributed by atoms with Crippen molar-refractivity contribution in [2.24, 2.45) is 0 Å². The van der Waals surface area contributed by atoms with Gasteiger partial charge in [-0.25, -0.2) is 4.98 Å². The summed E-state index contributed by atoms with van der Waals surface area (Å²) in [4.78, 5) is 5.05. The smallest absolute Gasteiger partial charge is 0.117 e. The Bertz CT molecular complexity index is 1180. The van der Waals surface area contributed by atoms with Crippen LogP contribution in [0.15, 0.2) is 103 Å². The number of rotatable bonds is 17. The molecule has 2 nitrogen and oxygen atoms in total. The van der Waals surface area contributed by atoms with Gasteiger partial charge in [-0.1, -0.05) is 157 Å². The molecule has 1 aromatic heterocycles. The van der Waals surface area contributed by atoms with Gasteiger partial charge in [0, 0.05) is 29.4 Å². The minimum atomic E-state index is -0.0836. The van der Waals surface area contributed by atoms with Crippen LogP contribution in [0.25, 0.3) is 5.69 Å². The molecular formula is C37H48N2. The molecule has 0 saturated carbocycles. The molecule has 0 aliphatic rings. The van der Waals surface area contributed by atoms with E-state index in [1.165, 1.54) is 86.8 Å². The summed E-state index contributed by atoms with van der Waals surface area (Å²) in [6.45, 7) is 4.77. The van der Waals surface area contributed by atoms with E-state index in [0.29, 0.717) is 5.92 Å². The Hall–Kier alpha value is -3.13. The quantitative estimate of drug-likeness (QED) is 0.127. The van der Waals surface area contributed by atoms with Gasteiger partial charge < -0.3 is 4.57 Å². The van der Waals surface area contributed by atoms with Crippen LogP contribution in [-0.2, 0) is 11.8 Å². The SMILES string of the molecule is CCCCCCCCCCCCC(c1nccn1-c1ccccc1)C(C)(Cc1ccccc1)c1ccccc1. The Balaban J connectivity index is 1.56. The van der Waals surface area contributed by atoms with Crippen molar-refractivity contribution in [2.45, 2.75) is 102 Å². The van der Waals surface area contributed by atoms with Crippen LogP contribution in [0.4, 0.5) is 0 Å². The second-order valence-corrected chi connectivity index (χ2v) is 11.5. The Labute approximate surface area is 237 Å². The van der Waals surface area contributed by atoms with Crippen molar-refractivity contribution >= 4 is 0 Å². The molecule has 4 aromatic rings. The number of imidazole rings is 1. The number of aromatic nitrogens is 2. The third-order valence-electron chi connectivity index (χ3n) is 8.48. The molecule has 0 N–H and O–H groups in total. The van der Waals surface area contributed by atoms with Crippen LogP contribution in [0, 0.1) is 0 Å². The van der Waals surface area contributed by atoms with Gasteiger partial charge in [0.2, 0.25) is 0 Å². The summed E-state index contributed by atoms with van der Waals surface area (Å²) < 4.78 is 2.33. The van der Waals surface area contributed by atoms with Crippen LogP contribution >= 0.6 is 0 Å². The molecule has 0 aliphatic heterocycles. The van der Waals surface area contributed by atoms with Gasteiger partial charge in [-0.05, 0) is 36.1 Å². The zero-order valence-electron chi connectivity index (χ0n) is 24.3. The average molecular weight is 521 g/mol. The van der Waals surface area contributed by atoms with E-state index >= 15 is 0 Å². The van der Waals surface area contributed by atoms with E-state index in [0.717, 1.165) is 12.8 Å². The summed E-state index contributed by atoms with van der Waals surface area (Å²) in [7, 11) is 0. The first kappa shape index (κ1) is 28.9. The van der Waals surface area contributed by atoms with Crippen LogP contribution in [0.2, 0.25) is 0 Å². The minimum absolute atomic E-state index is 0.0836. The molecule has 206 valence electrons. The third-order valence-corrected chi connectivity index (χ3v) is 8.48. The zero-order chi connectivity index (χ0) is 27.2. The van der Waals surface area contributed by atoms with Gasteiger partial charge in [0.05, 0.1) is 0 Å². The highest BCUT2D eigenvalue weighted by Gasteiger charge is 2.39. The molecule has 0 spiro atoms. The highest BCUT2D eigenvalue weighted by molar-refractivity contribution is 5.37. The number of benzene rings is 3. The molecule has 0 radical (unpaired) electrons. The van der Waals surface area contributed by atoms with Gasteiger partial charge in [0.15, 0.2) is 0 Å². The molecule has 0 fully saturated rings. The second kappa shape index (κ2) is 15.5. The topological polar surface area (TPSA) is 17.8 Å². The Morgan fingerprint density at radius 2 is 1.21 bits per heavy atom. The van der Waals surface area contributed by atoms with Crippen molar-refractivity contribution in [1.29, 1.82) is 0 Å². The predicted molar refractivity (Wildman–Crippen MR) is 167 cm³/mol. The van der Waals surface area contributed by atoms with Gasteiger partial charge in [-0.3, -0.25) is 0 Å². The van der Waals surface area contributed by atoms with Crippen molar-refractivity contribution in [3.63, 3.8) is 0 Å². The minimum Gasteiger partial charge on any atom is -0.304 e. The van der Waals surface area contributed by atoms with Crippen LogP contribution in [0.5, 0.6) is 0 Å². The van der Waals surface area contributed by atoms with E-state index in [9.17, 15) is 0 Å². The van der Waals surface area contributed by atoms with E-state index in [-0.39, 0.29) is 5.41 Å². The number of hydrogen-bond donors (Lipinski definition) is 0. The molecule has 2 atom stereocenters.